The van der Waals surface area contributed by atoms with E-state index in [0.29, 0.717) is 5.56 Å². The highest BCUT2D eigenvalue weighted by Gasteiger charge is 2.25. The summed E-state index contributed by atoms with van der Waals surface area (Å²) in [6.45, 7) is 11.6. The number of anilines is 3. The van der Waals surface area contributed by atoms with Gasteiger partial charge in [-0.1, -0.05) is 177 Å². The third-order valence-corrected chi connectivity index (χ3v) is 10.6. The zero-order chi connectivity index (χ0) is 41.3. The van der Waals surface area contributed by atoms with E-state index in [1.54, 1.807) is 12.2 Å². The van der Waals surface area contributed by atoms with Crippen molar-refractivity contribution in [1.82, 2.24) is 0 Å². The summed E-state index contributed by atoms with van der Waals surface area (Å²) in [6.07, 6.45) is 20.7. The van der Waals surface area contributed by atoms with Crippen LogP contribution in [0.5, 0.6) is 17.2 Å². The van der Waals surface area contributed by atoms with E-state index in [2.05, 4.69) is 92.9 Å². The predicted octanol–water partition coefficient (Wildman–Crippen LogP) is 14.6. The Morgan fingerprint density at radius 2 is 1.24 bits per heavy atom. The summed E-state index contributed by atoms with van der Waals surface area (Å²) in [5.41, 5.74) is 13.1. The number of aromatic hydroxyl groups is 3. The highest BCUT2D eigenvalue weighted by Crippen LogP contribution is 2.52. The van der Waals surface area contributed by atoms with E-state index >= 15 is 0 Å². The van der Waals surface area contributed by atoms with Crippen LogP contribution in [0.3, 0.4) is 0 Å². The van der Waals surface area contributed by atoms with Gasteiger partial charge in [-0.3, -0.25) is 0 Å². The molecule has 7 rings (SSSR count). The minimum atomic E-state index is -0.412. The lowest BCUT2D eigenvalue weighted by Gasteiger charge is -2.28. The van der Waals surface area contributed by atoms with Crippen molar-refractivity contribution >= 4 is 34.3 Å². The van der Waals surface area contributed by atoms with Gasteiger partial charge < -0.3 is 20.2 Å². The van der Waals surface area contributed by atoms with Crippen molar-refractivity contribution in [2.45, 2.75) is 20.3 Å². The van der Waals surface area contributed by atoms with Crippen LogP contribution in [0.1, 0.15) is 35.6 Å². The van der Waals surface area contributed by atoms with Crippen LogP contribution >= 0.6 is 0 Å². The van der Waals surface area contributed by atoms with E-state index in [0.717, 1.165) is 56.7 Å². The van der Waals surface area contributed by atoms with Crippen LogP contribution < -0.4 is 4.90 Å². The normalized spacial score (nSPS) is 13.1. The maximum absolute atomic E-state index is 11.9. The third kappa shape index (κ3) is 8.73. The highest BCUT2D eigenvalue weighted by molar-refractivity contribution is 5.92. The van der Waals surface area contributed by atoms with Gasteiger partial charge in [0.25, 0.3) is 0 Å². The van der Waals surface area contributed by atoms with E-state index in [-0.39, 0.29) is 22.7 Å². The smallest absolute Gasteiger partial charge is 0.183 e. The predicted molar refractivity (Wildman–Crippen MR) is 249 cm³/mol. The Morgan fingerprint density at radius 3 is 1.88 bits per heavy atom. The summed E-state index contributed by atoms with van der Waals surface area (Å²) in [6, 6.07) is 43.9. The van der Waals surface area contributed by atoms with Crippen LogP contribution in [0.2, 0.25) is 0 Å². The van der Waals surface area contributed by atoms with Crippen molar-refractivity contribution in [3.8, 4) is 39.5 Å². The maximum Gasteiger partial charge on any atom is 0.183 e. The molecule has 290 valence electrons. The van der Waals surface area contributed by atoms with E-state index in [4.69, 9.17) is 0 Å². The van der Waals surface area contributed by atoms with Gasteiger partial charge in [-0.15, -0.1) is 0 Å². The SMILES string of the molecule is C=C/C=C\C=C(/C)C1=CC=C(c2ccc(N(c3ccc(-c4ccccc4)cc3)c3cc(O)c(-c4cccc(/C=C\C=C)c4C)c(O)c3O)cc2)C=C(c2ccccc2)C1. The van der Waals surface area contributed by atoms with Crippen LogP contribution in [0.15, 0.2) is 212 Å². The molecule has 1 aliphatic rings. The minimum Gasteiger partial charge on any atom is -0.507 e. The number of phenolic OH excluding ortho intramolecular Hbond substituents is 3. The fourth-order valence-corrected chi connectivity index (χ4v) is 7.42. The van der Waals surface area contributed by atoms with Crippen LogP contribution in [-0.4, -0.2) is 15.3 Å². The van der Waals surface area contributed by atoms with Gasteiger partial charge in [0.15, 0.2) is 11.5 Å². The van der Waals surface area contributed by atoms with Crippen molar-refractivity contribution in [3.05, 3.63) is 235 Å². The topological polar surface area (TPSA) is 63.9 Å². The minimum absolute atomic E-state index is 0.155. The molecule has 0 amide bonds. The average molecular weight is 770 g/mol. The van der Waals surface area contributed by atoms with Gasteiger partial charge in [0.05, 0.1) is 11.3 Å². The quantitative estimate of drug-likeness (QED) is 0.0659. The second-order valence-corrected chi connectivity index (χ2v) is 14.4. The fourth-order valence-electron chi connectivity index (χ4n) is 7.42. The first kappa shape index (κ1) is 39.7. The molecule has 3 N–H and O–H groups in total. The average Bonchev–Trinajstić information content (AvgIpc) is 3.51. The first-order valence-corrected chi connectivity index (χ1v) is 19.6. The Labute approximate surface area is 347 Å². The summed E-state index contributed by atoms with van der Waals surface area (Å²) in [5.74, 6) is -0.934. The summed E-state index contributed by atoms with van der Waals surface area (Å²) >= 11 is 0. The van der Waals surface area contributed by atoms with Crippen molar-refractivity contribution in [3.63, 3.8) is 0 Å². The Hall–Kier alpha value is -7.56. The van der Waals surface area contributed by atoms with Gasteiger partial charge in [0, 0.05) is 17.4 Å². The second kappa shape index (κ2) is 18.1. The fraction of sp³-hybridized carbons (Fsp3) is 0.0545. The van der Waals surface area contributed by atoms with Gasteiger partial charge >= 0.3 is 0 Å². The van der Waals surface area contributed by atoms with Crippen LogP contribution in [-0.2, 0) is 0 Å². The van der Waals surface area contributed by atoms with Crippen molar-refractivity contribution in [1.29, 1.82) is 0 Å². The molecule has 0 unspecified atom stereocenters. The molecule has 0 aromatic heterocycles. The Kier molecular flexibility index (Phi) is 12.2. The lowest BCUT2D eigenvalue weighted by molar-refractivity contribution is 0.400. The van der Waals surface area contributed by atoms with Gasteiger partial charge in [0.2, 0.25) is 0 Å². The second-order valence-electron chi connectivity index (χ2n) is 14.4. The number of hydrogen-bond donors (Lipinski definition) is 3. The number of phenols is 3. The lowest BCUT2D eigenvalue weighted by atomic mass is 9.93. The number of hydrogen-bond acceptors (Lipinski definition) is 4. The molecular formula is C55H47NO3. The molecule has 0 saturated carbocycles. The number of benzene rings is 6. The van der Waals surface area contributed by atoms with Gasteiger partial charge in [-0.25, -0.2) is 0 Å². The molecule has 0 bridgehead atoms. The van der Waals surface area contributed by atoms with E-state index in [9.17, 15) is 15.3 Å². The molecular weight excluding hydrogens is 723 g/mol. The standard InChI is InChI=1S/C55H47NO3/c1-5-7-11-17-38(3)45-25-26-46(36-47(35-45)42-21-14-10-15-22-42)44-29-33-49(34-30-44)56(48-31-27-43(28-32-48)41-19-12-9-13-20-41)51-37-52(57)53(55(59)54(51)58)50-24-16-23-40(39(50)4)18-8-6-2/h5-34,36-37,57-59H,1-2,35H2,3-4H3/b11-7-,18-8-,38-17+. The molecule has 4 heteroatoms. The highest BCUT2D eigenvalue weighted by atomic mass is 16.3. The Bertz CT molecular complexity index is 2670. The zero-order valence-corrected chi connectivity index (χ0v) is 33.4. The Balaban J connectivity index is 1.33. The molecule has 0 spiro atoms. The molecule has 0 radical (unpaired) electrons. The van der Waals surface area contributed by atoms with Crippen LogP contribution in [0.4, 0.5) is 17.1 Å². The summed E-state index contributed by atoms with van der Waals surface area (Å²) in [4.78, 5) is 1.85. The van der Waals surface area contributed by atoms with Gasteiger partial charge in [0.1, 0.15) is 5.75 Å². The first-order valence-electron chi connectivity index (χ1n) is 19.6. The Morgan fingerprint density at radius 1 is 0.627 bits per heavy atom. The first-order chi connectivity index (χ1) is 28.8. The van der Waals surface area contributed by atoms with Crippen LogP contribution in [0.25, 0.3) is 39.5 Å². The lowest BCUT2D eigenvalue weighted by Crippen LogP contribution is -2.10. The van der Waals surface area contributed by atoms with Gasteiger partial charge in [-0.05, 0) is 106 Å². The van der Waals surface area contributed by atoms with Crippen molar-refractivity contribution < 1.29 is 15.3 Å². The number of nitrogens with zero attached hydrogens (tertiary/aromatic N) is 1. The molecule has 0 heterocycles. The molecule has 1 aliphatic carbocycles. The molecule has 0 aliphatic heterocycles. The molecule has 6 aromatic rings. The van der Waals surface area contributed by atoms with Crippen molar-refractivity contribution in [2.75, 3.05) is 4.90 Å². The molecule has 0 fully saturated rings. The van der Waals surface area contributed by atoms with Crippen molar-refractivity contribution in [2.24, 2.45) is 0 Å². The number of rotatable bonds is 12. The molecule has 0 saturated heterocycles. The largest absolute Gasteiger partial charge is 0.507 e. The molecule has 6 aromatic carbocycles. The van der Waals surface area contributed by atoms with Gasteiger partial charge in [-0.2, -0.15) is 0 Å². The van der Waals surface area contributed by atoms with E-state index in [1.807, 2.05) is 115 Å². The maximum atomic E-state index is 11.9. The third-order valence-electron chi connectivity index (χ3n) is 10.6. The molecule has 0 atom stereocenters. The summed E-state index contributed by atoms with van der Waals surface area (Å²) < 4.78 is 0. The molecule has 4 nitrogen and oxygen atoms in total. The van der Waals surface area contributed by atoms with E-state index < -0.39 is 5.75 Å². The van der Waals surface area contributed by atoms with Crippen LogP contribution in [0, 0.1) is 6.92 Å². The van der Waals surface area contributed by atoms with E-state index in [1.165, 1.54) is 22.8 Å². The summed E-state index contributed by atoms with van der Waals surface area (Å²) in [7, 11) is 0. The molecule has 59 heavy (non-hydrogen) atoms. The zero-order valence-electron chi connectivity index (χ0n) is 33.4. The monoisotopic (exact) mass is 769 g/mol. The number of allylic oxidation sites excluding steroid dienone is 13. The summed E-state index contributed by atoms with van der Waals surface area (Å²) in [5, 5.41) is 35.3.